The van der Waals surface area contributed by atoms with Crippen molar-refractivity contribution in [3.8, 4) is 11.1 Å². The highest BCUT2D eigenvalue weighted by molar-refractivity contribution is 7.97. The van der Waals surface area contributed by atoms with Crippen molar-refractivity contribution < 1.29 is 9.63 Å². The number of nitrogens with zero attached hydrogens (tertiary/aromatic N) is 1. The summed E-state index contributed by atoms with van der Waals surface area (Å²) in [5.74, 6) is 0. The van der Waals surface area contributed by atoms with Crippen LogP contribution in [0.15, 0.2) is 71.6 Å². The standard InChI is InChI=1S/C18H15NO2S/c1-19(21-13-20)22-18-12-5-4-10-17(18)16-11-6-8-14-7-2-3-9-15(14)16/h2-13H,1H3. The highest BCUT2D eigenvalue weighted by atomic mass is 32.2. The molecule has 0 heterocycles. The van der Waals surface area contributed by atoms with Gasteiger partial charge in [0.15, 0.2) is 0 Å². The fraction of sp³-hybridized carbons (Fsp3) is 0.0556. The smallest absolute Gasteiger partial charge is 0.314 e. The lowest BCUT2D eigenvalue weighted by Crippen LogP contribution is -2.08. The van der Waals surface area contributed by atoms with E-state index in [1.54, 1.807) is 7.05 Å². The van der Waals surface area contributed by atoms with Crippen molar-refractivity contribution >= 4 is 29.2 Å². The molecule has 22 heavy (non-hydrogen) atoms. The van der Waals surface area contributed by atoms with Crippen LogP contribution in [0.1, 0.15) is 0 Å². The van der Waals surface area contributed by atoms with Gasteiger partial charge in [0.05, 0.1) is 0 Å². The number of hydrogen-bond donors (Lipinski definition) is 0. The number of carbonyl (C=O) groups excluding carboxylic acids is 1. The van der Waals surface area contributed by atoms with Crippen LogP contribution in [-0.4, -0.2) is 18.0 Å². The van der Waals surface area contributed by atoms with E-state index in [1.165, 1.54) is 32.8 Å². The SMILES string of the molecule is CN(OC=O)Sc1ccccc1-c1cccc2ccccc12. The van der Waals surface area contributed by atoms with Crippen molar-refractivity contribution in [2.75, 3.05) is 7.05 Å². The molecule has 0 aromatic heterocycles. The first-order chi connectivity index (χ1) is 10.8. The van der Waals surface area contributed by atoms with Gasteiger partial charge in [0.2, 0.25) is 0 Å². The Morgan fingerprint density at radius 1 is 0.909 bits per heavy atom. The van der Waals surface area contributed by atoms with Crippen molar-refractivity contribution in [1.82, 2.24) is 4.47 Å². The minimum absolute atomic E-state index is 0.424. The average Bonchev–Trinajstić information content (AvgIpc) is 2.55. The van der Waals surface area contributed by atoms with Gasteiger partial charge in [0.1, 0.15) is 0 Å². The van der Waals surface area contributed by atoms with Crippen LogP contribution in [0.4, 0.5) is 0 Å². The molecule has 0 unspecified atom stereocenters. The number of benzene rings is 3. The predicted molar refractivity (Wildman–Crippen MR) is 90.2 cm³/mol. The Kier molecular flexibility index (Phi) is 4.42. The summed E-state index contributed by atoms with van der Waals surface area (Å²) in [6.45, 7) is 0.424. The van der Waals surface area contributed by atoms with Crippen LogP contribution < -0.4 is 0 Å². The zero-order valence-corrected chi connectivity index (χ0v) is 12.9. The van der Waals surface area contributed by atoms with Gasteiger partial charge >= 0.3 is 6.47 Å². The Balaban J connectivity index is 2.09. The van der Waals surface area contributed by atoms with Crippen molar-refractivity contribution in [2.24, 2.45) is 0 Å². The van der Waals surface area contributed by atoms with Crippen LogP contribution in [0.5, 0.6) is 0 Å². The molecule has 3 rings (SSSR count). The first-order valence-corrected chi connectivity index (χ1v) is 7.66. The Hall–Kier alpha value is -2.30. The van der Waals surface area contributed by atoms with E-state index in [1.807, 2.05) is 30.3 Å². The first-order valence-electron chi connectivity index (χ1n) is 6.89. The van der Waals surface area contributed by atoms with Gasteiger partial charge in [0, 0.05) is 11.9 Å². The molecule has 0 amide bonds. The van der Waals surface area contributed by atoms with E-state index in [4.69, 9.17) is 4.84 Å². The summed E-state index contributed by atoms with van der Waals surface area (Å²) in [7, 11) is 1.71. The third-order valence-corrected chi connectivity index (χ3v) is 4.28. The highest BCUT2D eigenvalue weighted by Gasteiger charge is 2.11. The van der Waals surface area contributed by atoms with E-state index in [0.717, 1.165) is 10.5 Å². The number of rotatable bonds is 5. The second kappa shape index (κ2) is 6.64. The van der Waals surface area contributed by atoms with Gasteiger partial charge in [-0.15, -0.1) is 0 Å². The van der Waals surface area contributed by atoms with Gasteiger partial charge in [-0.05, 0) is 39.9 Å². The molecule has 110 valence electrons. The van der Waals surface area contributed by atoms with Crippen LogP contribution in [-0.2, 0) is 9.63 Å². The summed E-state index contributed by atoms with van der Waals surface area (Å²) in [5, 5.41) is 2.41. The third-order valence-electron chi connectivity index (χ3n) is 3.39. The van der Waals surface area contributed by atoms with Gasteiger partial charge in [0.25, 0.3) is 0 Å². The Morgan fingerprint density at radius 2 is 1.59 bits per heavy atom. The first kappa shape index (κ1) is 14.6. The molecule has 0 N–H and O–H groups in total. The summed E-state index contributed by atoms with van der Waals surface area (Å²) in [6, 6.07) is 22.7. The molecular formula is C18H15NO2S. The molecule has 0 bridgehead atoms. The van der Waals surface area contributed by atoms with E-state index in [2.05, 4.69) is 36.4 Å². The molecule has 0 aliphatic rings. The van der Waals surface area contributed by atoms with Crippen molar-refractivity contribution in [1.29, 1.82) is 0 Å². The average molecular weight is 309 g/mol. The molecule has 0 saturated carbocycles. The molecule has 0 atom stereocenters. The molecule has 0 aliphatic heterocycles. The normalized spacial score (nSPS) is 10.8. The number of fused-ring (bicyclic) bond motifs is 1. The molecule has 3 aromatic rings. The Morgan fingerprint density at radius 3 is 2.45 bits per heavy atom. The Labute approximate surface area is 133 Å². The number of carbonyl (C=O) groups is 1. The number of hydrogen-bond acceptors (Lipinski definition) is 4. The van der Waals surface area contributed by atoms with Crippen LogP contribution in [0, 0.1) is 0 Å². The number of hydroxylamine groups is 1. The molecule has 0 radical (unpaired) electrons. The van der Waals surface area contributed by atoms with Crippen molar-refractivity contribution in [2.45, 2.75) is 4.90 Å². The third kappa shape index (κ3) is 2.98. The quantitative estimate of drug-likeness (QED) is 0.393. The maximum atomic E-state index is 10.5. The van der Waals surface area contributed by atoms with Gasteiger partial charge < -0.3 is 4.84 Å². The molecule has 3 nitrogen and oxygen atoms in total. The fourth-order valence-corrected chi connectivity index (χ4v) is 3.22. The second-order valence-corrected chi connectivity index (χ2v) is 5.89. The zero-order valence-electron chi connectivity index (χ0n) is 12.1. The molecule has 0 saturated heterocycles. The van der Waals surface area contributed by atoms with E-state index < -0.39 is 0 Å². The van der Waals surface area contributed by atoms with Crippen molar-refractivity contribution in [3.05, 3.63) is 66.7 Å². The Bertz CT molecular complexity index is 798. The van der Waals surface area contributed by atoms with E-state index in [9.17, 15) is 4.79 Å². The van der Waals surface area contributed by atoms with Gasteiger partial charge in [-0.2, -0.15) is 0 Å². The van der Waals surface area contributed by atoms with Crippen LogP contribution in [0.3, 0.4) is 0 Å². The minimum Gasteiger partial charge on any atom is -0.360 e. The molecule has 0 spiro atoms. The van der Waals surface area contributed by atoms with Gasteiger partial charge in [-0.1, -0.05) is 65.1 Å². The topological polar surface area (TPSA) is 29.5 Å². The predicted octanol–water partition coefficient (Wildman–Crippen LogP) is 4.53. The van der Waals surface area contributed by atoms with Gasteiger partial charge in [-0.25, -0.2) is 0 Å². The van der Waals surface area contributed by atoms with Crippen LogP contribution in [0.2, 0.25) is 0 Å². The van der Waals surface area contributed by atoms with E-state index in [0.29, 0.717) is 6.47 Å². The highest BCUT2D eigenvalue weighted by Crippen LogP contribution is 2.36. The molecule has 0 aliphatic carbocycles. The minimum atomic E-state index is 0.424. The monoisotopic (exact) mass is 309 g/mol. The maximum Gasteiger partial charge on any atom is 0.314 e. The fourth-order valence-electron chi connectivity index (χ4n) is 2.45. The molecular weight excluding hydrogens is 294 g/mol. The molecule has 0 fully saturated rings. The molecule has 3 aromatic carbocycles. The van der Waals surface area contributed by atoms with Crippen LogP contribution >= 0.6 is 11.9 Å². The largest absolute Gasteiger partial charge is 0.360 e. The van der Waals surface area contributed by atoms with E-state index >= 15 is 0 Å². The van der Waals surface area contributed by atoms with Crippen molar-refractivity contribution in [3.63, 3.8) is 0 Å². The second-order valence-electron chi connectivity index (χ2n) is 4.76. The zero-order chi connectivity index (χ0) is 15.4. The van der Waals surface area contributed by atoms with Gasteiger partial charge in [-0.3, -0.25) is 4.79 Å². The molecule has 4 heteroatoms. The summed E-state index contributed by atoms with van der Waals surface area (Å²) in [4.78, 5) is 16.3. The lowest BCUT2D eigenvalue weighted by molar-refractivity contribution is -0.147. The lowest BCUT2D eigenvalue weighted by Gasteiger charge is -2.15. The lowest BCUT2D eigenvalue weighted by atomic mass is 9.98. The van der Waals surface area contributed by atoms with E-state index in [-0.39, 0.29) is 0 Å². The van der Waals surface area contributed by atoms with Crippen LogP contribution in [0.25, 0.3) is 21.9 Å². The summed E-state index contributed by atoms with van der Waals surface area (Å²) in [6.07, 6.45) is 0. The maximum absolute atomic E-state index is 10.5. The summed E-state index contributed by atoms with van der Waals surface area (Å²) >= 11 is 1.38. The summed E-state index contributed by atoms with van der Waals surface area (Å²) in [5.41, 5.74) is 2.28. The summed E-state index contributed by atoms with van der Waals surface area (Å²) < 4.78 is 1.44.